The minimum atomic E-state index is -1.85. The number of alkyl halides is 1. The molecular weight excluding hydrogens is 304 g/mol. The Labute approximate surface area is 123 Å². The fraction of sp³-hybridized carbons (Fsp3) is 0.583. The Morgan fingerprint density at radius 1 is 1.67 bits per heavy atom. The molecule has 0 radical (unpaired) electrons. The first-order valence-electron chi connectivity index (χ1n) is 6.29. The summed E-state index contributed by atoms with van der Waals surface area (Å²) in [4.78, 5) is 37.5. The van der Waals surface area contributed by atoms with Crippen LogP contribution >= 0.6 is 11.6 Å². The number of aromatic amines is 1. The predicted octanol–water partition coefficient (Wildman–Crippen LogP) is -1.47. The van der Waals surface area contributed by atoms with E-state index in [-0.39, 0.29) is 6.42 Å². The number of H-pyrrole nitrogens is 1. The molecular formula is C12H15ClN2O6. The van der Waals surface area contributed by atoms with Crippen molar-refractivity contribution in [3.05, 3.63) is 33.1 Å². The molecule has 1 aromatic heterocycles. The molecule has 0 spiro atoms. The number of carbonyl (C=O) groups is 1. The van der Waals surface area contributed by atoms with Crippen LogP contribution in [0.5, 0.6) is 0 Å². The number of carbonyl (C=O) groups excluding carboxylic acids is 1. The lowest BCUT2D eigenvalue weighted by atomic mass is 9.99. The van der Waals surface area contributed by atoms with Gasteiger partial charge in [-0.2, -0.15) is 0 Å². The zero-order valence-electron chi connectivity index (χ0n) is 11.2. The Morgan fingerprint density at radius 3 is 2.81 bits per heavy atom. The van der Waals surface area contributed by atoms with Gasteiger partial charge in [0.25, 0.3) is 5.56 Å². The van der Waals surface area contributed by atoms with E-state index in [1.54, 1.807) is 0 Å². The van der Waals surface area contributed by atoms with E-state index < -0.39 is 46.9 Å². The van der Waals surface area contributed by atoms with Crippen LogP contribution in [0.4, 0.5) is 0 Å². The molecule has 0 saturated carbocycles. The largest absolute Gasteiger partial charge is 0.394 e. The van der Waals surface area contributed by atoms with E-state index in [0.717, 1.165) is 16.8 Å². The molecule has 1 saturated heterocycles. The van der Waals surface area contributed by atoms with Gasteiger partial charge in [0.05, 0.1) is 18.1 Å². The van der Waals surface area contributed by atoms with Crippen LogP contribution in [0.25, 0.3) is 0 Å². The third-order valence-electron chi connectivity index (χ3n) is 3.40. The summed E-state index contributed by atoms with van der Waals surface area (Å²) >= 11 is 5.81. The summed E-state index contributed by atoms with van der Waals surface area (Å²) in [7, 11) is 0. The number of Topliss-reactive ketones (excluding diaryl/α,β-unsaturated/α-hetero) is 1. The van der Waals surface area contributed by atoms with E-state index in [1.807, 2.05) is 4.98 Å². The SMILES string of the molecule is CC(Cl)C(=O)[C@]1(n2ccc(=O)[nH]c2=O)C[C@H](O)[C@@H](CO)O1. The summed E-state index contributed by atoms with van der Waals surface area (Å²) in [6.45, 7) is 0.884. The topological polar surface area (TPSA) is 122 Å². The van der Waals surface area contributed by atoms with Gasteiger partial charge in [-0.3, -0.25) is 19.1 Å². The molecule has 1 unspecified atom stereocenters. The van der Waals surface area contributed by atoms with Crippen molar-refractivity contribution in [2.45, 2.75) is 36.7 Å². The summed E-state index contributed by atoms with van der Waals surface area (Å²) in [5.74, 6) is -0.645. The molecule has 1 fully saturated rings. The first-order valence-corrected chi connectivity index (χ1v) is 6.73. The van der Waals surface area contributed by atoms with E-state index >= 15 is 0 Å². The molecule has 3 N–H and O–H groups in total. The van der Waals surface area contributed by atoms with Crippen molar-refractivity contribution in [1.29, 1.82) is 0 Å². The van der Waals surface area contributed by atoms with Crippen LogP contribution in [0.2, 0.25) is 0 Å². The van der Waals surface area contributed by atoms with Gasteiger partial charge in [-0.1, -0.05) is 0 Å². The summed E-state index contributed by atoms with van der Waals surface area (Å²) in [5, 5.41) is 18.1. The monoisotopic (exact) mass is 318 g/mol. The van der Waals surface area contributed by atoms with Crippen molar-refractivity contribution < 1.29 is 19.7 Å². The van der Waals surface area contributed by atoms with Crippen LogP contribution < -0.4 is 11.2 Å². The molecule has 8 nitrogen and oxygen atoms in total. The molecule has 4 atom stereocenters. The Morgan fingerprint density at radius 2 is 2.33 bits per heavy atom. The molecule has 9 heteroatoms. The van der Waals surface area contributed by atoms with Crippen molar-refractivity contribution >= 4 is 17.4 Å². The number of aromatic nitrogens is 2. The van der Waals surface area contributed by atoms with Crippen LogP contribution in [-0.4, -0.2) is 49.7 Å². The highest BCUT2D eigenvalue weighted by Gasteiger charge is 2.53. The highest BCUT2D eigenvalue weighted by Crippen LogP contribution is 2.36. The van der Waals surface area contributed by atoms with Crippen molar-refractivity contribution in [2.75, 3.05) is 6.61 Å². The van der Waals surface area contributed by atoms with Gasteiger partial charge in [0.15, 0.2) is 0 Å². The Kier molecular flexibility index (Phi) is 4.33. The quantitative estimate of drug-likeness (QED) is 0.583. The standard InChI is InChI=1S/C12H15ClN2O6/c1-6(13)10(19)12(4-7(17)8(5-16)21-12)15-3-2-9(18)14-11(15)20/h2-3,6-8,16-17H,4-5H2,1H3,(H,14,18,20)/t6?,7-,8+,12-/m0/s1. The van der Waals surface area contributed by atoms with Crippen molar-refractivity contribution in [1.82, 2.24) is 9.55 Å². The van der Waals surface area contributed by atoms with E-state index in [4.69, 9.17) is 16.3 Å². The average Bonchev–Trinajstić information content (AvgIpc) is 2.75. The Hall–Kier alpha value is -1.48. The van der Waals surface area contributed by atoms with Crippen molar-refractivity contribution in [3.63, 3.8) is 0 Å². The molecule has 21 heavy (non-hydrogen) atoms. The van der Waals surface area contributed by atoms with E-state index in [9.17, 15) is 24.6 Å². The number of hydrogen-bond donors (Lipinski definition) is 3. The van der Waals surface area contributed by atoms with Crippen LogP contribution in [0, 0.1) is 0 Å². The van der Waals surface area contributed by atoms with Crippen molar-refractivity contribution in [2.24, 2.45) is 0 Å². The molecule has 2 rings (SSSR count). The molecule has 1 aromatic rings. The molecule has 2 heterocycles. The molecule has 0 bridgehead atoms. The normalized spacial score (nSPS) is 30.3. The number of aliphatic hydroxyl groups is 2. The number of ketones is 1. The number of rotatable bonds is 4. The number of nitrogens with zero attached hydrogens (tertiary/aromatic N) is 1. The van der Waals surface area contributed by atoms with Crippen LogP contribution in [0.1, 0.15) is 13.3 Å². The van der Waals surface area contributed by atoms with E-state index in [1.165, 1.54) is 6.92 Å². The zero-order chi connectivity index (χ0) is 15.8. The fourth-order valence-corrected chi connectivity index (χ4v) is 2.57. The number of ether oxygens (including phenoxy) is 1. The summed E-state index contributed by atoms with van der Waals surface area (Å²) in [6.07, 6.45) is -1.32. The fourth-order valence-electron chi connectivity index (χ4n) is 2.40. The summed E-state index contributed by atoms with van der Waals surface area (Å²) in [6, 6.07) is 1.05. The molecule has 0 aliphatic carbocycles. The zero-order valence-corrected chi connectivity index (χ0v) is 11.9. The first-order chi connectivity index (χ1) is 9.81. The maximum Gasteiger partial charge on any atom is 0.331 e. The average molecular weight is 319 g/mol. The number of hydrogen-bond acceptors (Lipinski definition) is 6. The smallest absolute Gasteiger partial charge is 0.331 e. The Bertz CT molecular complexity index is 654. The first kappa shape index (κ1) is 15.9. The third kappa shape index (κ3) is 2.67. The maximum absolute atomic E-state index is 12.4. The summed E-state index contributed by atoms with van der Waals surface area (Å²) < 4.78 is 6.33. The van der Waals surface area contributed by atoms with Gasteiger partial charge in [0.1, 0.15) is 6.10 Å². The number of nitrogens with one attached hydrogen (secondary N) is 1. The molecule has 0 aromatic carbocycles. The lowest BCUT2D eigenvalue weighted by Crippen LogP contribution is -2.51. The van der Waals surface area contributed by atoms with Gasteiger partial charge < -0.3 is 14.9 Å². The maximum atomic E-state index is 12.4. The third-order valence-corrected chi connectivity index (χ3v) is 3.60. The molecule has 116 valence electrons. The highest BCUT2D eigenvalue weighted by atomic mass is 35.5. The van der Waals surface area contributed by atoms with Gasteiger partial charge in [-0.25, -0.2) is 4.79 Å². The molecule has 0 amide bonds. The molecule has 1 aliphatic heterocycles. The van der Waals surface area contributed by atoms with E-state index in [0.29, 0.717) is 0 Å². The van der Waals surface area contributed by atoms with Gasteiger partial charge in [-0.15, -0.1) is 11.6 Å². The van der Waals surface area contributed by atoms with Gasteiger partial charge >= 0.3 is 5.69 Å². The summed E-state index contributed by atoms with van der Waals surface area (Å²) in [5.41, 5.74) is -3.34. The van der Waals surface area contributed by atoms with Crippen LogP contribution in [0.15, 0.2) is 21.9 Å². The van der Waals surface area contributed by atoms with Crippen molar-refractivity contribution in [3.8, 4) is 0 Å². The van der Waals surface area contributed by atoms with E-state index in [2.05, 4.69) is 0 Å². The lowest BCUT2D eigenvalue weighted by molar-refractivity contribution is -0.161. The minimum Gasteiger partial charge on any atom is -0.394 e. The highest BCUT2D eigenvalue weighted by molar-refractivity contribution is 6.31. The lowest BCUT2D eigenvalue weighted by Gasteiger charge is -2.30. The van der Waals surface area contributed by atoms with Gasteiger partial charge in [0, 0.05) is 18.7 Å². The van der Waals surface area contributed by atoms with Crippen LogP contribution in [0.3, 0.4) is 0 Å². The second kappa shape index (κ2) is 5.72. The number of aliphatic hydroxyl groups excluding tert-OH is 2. The predicted molar refractivity (Wildman–Crippen MR) is 72.2 cm³/mol. The number of halogens is 1. The second-order valence-corrected chi connectivity index (χ2v) is 5.51. The Balaban J connectivity index is 2.60. The minimum absolute atomic E-state index is 0.250. The van der Waals surface area contributed by atoms with Crippen LogP contribution in [-0.2, 0) is 15.3 Å². The second-order valence-electron chi connectivity index (χ2n) is 4.86. The van der Waals surface area contributed by atoms with Gasteiger partial charge in [-0.05, 0) is 6.92 Å². The van der Waals surface area contributed by atoms with Gasteiger partial charge in [0.2, 0.25) is 11.5 Å². The molecule has 1 aliphatic rings.